The molecule has 0 heterocycles. The largest absolute Gasteiger partial charge is 0.465 e. The van der Waals surface area contributed by atoms with Crippen molar-refractivity contribution >= 4 is 23.6 Å². The van der Waals surface area contributed by atoms with Crippen LogP contribution in [0.1, 0.15) is 18.1 Å². The Balaban J connectivity index is 2.84. The SMILES string of the molecule is CCc1ccc(C=C(Cl)C(=O)OC)cc1. The van der Waals surface area contributed by atoms with E-state index in [0.717, 1.165) is 12.0 Å². The molecule has 0 aliphatic rings. The van der Waals surface area contributed by atoms with Crippen LogP contribution in [-0.4, -0.2) is 13.1 Å². The summed E-state index contributed by atoms with van der Waals surface area (Å²) in [5.41, 5.74) is 2.14. The first-order valence-electron chi connectivity index (χ1n) is 4.71. The number of benzene rings is 1. The van der Waals surface area contributed by atoms with Crippen LogP contribution < -0.4 is 0 Å². The number of hydrogen-bond acceptors (Lipinski definition) is 2. The van der Waals surface area contributed by atoms with Gasteiger partial charge in [0.15, 0.2) is 0 Å². The minimum absolute atomic E-state index is 0.0850. The zero-order valence-electron chi connectivity index (χ0n) is 8.79. The number of methoxy groups -OCH3 is 1. The molecule has 80 valence electrons. The average molecular weight is 225 g/mol. The van der Waals surface area contributed by atoms with Gasteiger partial charge in [0.05, 0.1) is 7.11 Å². The lowest BCUT2D eigenvalue weighted by Crippen LogP contribution is -1.99. The summed E-state index contributed by atoms with van der Waals surface area (Å²) in [6.07, 6.45) is 2.58. The molecule has 0 unspecified atom stereocenters. The number of halogens is 1. The summed E-state index contributed by atoms with van der Waals surface area (Å²) in [7, 11) is 1.30. The zero-order valence-corrected chi connectivity index (χ0v) is 9.54. The van der Waals surface area contributed by atoms with Crippen LogP contribution in [0.4, 0.5) is 0 Å². The summed E-state index contributed by atoms with van der Waals surface area (Å²) in [4.78, 5) is 11.0. The third kappa shape index (κ3) is 3.40. The van der Waals surface area contributed by atoms with E-state index in [9.17, 15) is 4.79 Å². The Morgan fingerprint density at radius 3 is 2.47 bits per heavy atom. The van der Waals surface area contributed by atoms with Crippen molar-refractivity contribution in [3.05, 3.63) is 40.4 Å². The zero-order chi connectivity index (χ0) is 11.3. The number of aryl methyl sites for hydroxylation is 1. The lowest BCUT2D eigenvalue weighted by molar-refractivity contribution is -0.135. The standard InChI is InChI=1S/C12H13ClO2/c1-3-9-4-6-10(7-5-9)8-11(13)12(14)15-2/h4-8H,3H2,1-2H3. The minimum Gasteiger partial charge on any atom is -0.465 e. The van der Waals surface area contributed by atoms with Crippen LogP contribution in [0.15, 0.2) is 29.3 Å². The molecule has 0 bridgehead atoms. The number of esters is 1. The molecule has 0 spiro atoms. The van der Waals surface area contributed by atoms with Crippen molar-refractivity contribution in [3.63, 3.8) is 0 Å². The summed E-state index contributed by atoms with van der Waals surface area (Å²) in [5.74, 6) is -0.517. The summed E-state index contributed by atoms with van der Waals surface area (Å²) in [5, 5.41) is 0.0850. The second-order valence-electron chi connectivity index (χ2n) is 3.08. The third-order valence-corrected chi connectivity index (χ3v) is 2.33. The molecule has 2 nitrogen and oxygen atoms in total. The van der Waals surface area contributed by atoms with Crippen molar-refractivity contribution in [1.82, 2.24) is 0 Å². The fourth-order valence-electron chi connectivity index (χ4n) is 1.15. The van der Waals surface area contributed by atoms with Gasteiger partial charge in [0.1, 0.15) is 5.03 Å². The highest BCUT2D eigenvalue weighted by atomic mass is 35.5. The van der Waals surface area contributed by atoms with Crippen LogP contribution in [0, 0.1) is 0 Å². The van der Waals surface area contributed by atoms with E-state index in [2.05, 4.69) is 11.7 Å². The number of hydrogen-bond donors (Lipinski definition) is 0. The number of ether oxygens (including phenoxy) is 1. The summed E-state index contributed by atoms with van der Waals surface area (Å²) < 4.78 is 4.49. The van der Waals surface area contributed by atoms with Crippen LogP contribution in [-0.2, 0) is 16.0 Å². The van der Waals surface area contributed by atoms with Gasteiger partial charge in [0.25, 0.3) is 0 Å². The molecule has 0 radical (unpaired) electrons. The van der Waals surface area contributed by atoms with Crippen LogP contribution >= 0.6 is 11.6 Å². The molecule has 0 saturated carbocycles. The number of carbonyl (C=O) groups is 1. The van der Waals surface area contributed by atoms with Gasteiger partial charge in [-0.25, -0.2) is 4.79 Å². The normalized spacial score (nSPS) is 11.3. The van der Waals surface area contributed by atoms with Crippen molar-refractivity contribution in [2.45, 2.75) is 13.3 Å². The molecule has 1 rings (SSSR count). The van der Waals surface area contributed by atoms with Gasteiger partial charge < -0.3 is 4.74 Å². The van der Waals surface area contributed by atoms with Crippen LogP contribution in [0.5, 0.6) is 0 Å². The Hall–Kier alpha value is -1.28. The van der Waals surface area contributed by atoms with E-state index in [0.29, 0.717) is 0 Å². The highest BCUT2D eigenvalue weighted by molar-refractivity contribution is 6.43. The smallest absolute Gasteiger partial charge is 0.349 e. The van der Waals surface area contributed by atoms with Crippen LogP contribution in [0.3, 0.4) is 0 Å². The number of carbonyl (C=O) groups excluding carboxylic acids is 1. The maximum absolute atomic E-state index is 11.0. The van der Waals surface area contributed by atoms with Gasteiger partial charge in [-0.15, -0.1) is 0 Å². The summed E-state index contributed by atoms with van der Waals surface area (Å²) in [6.45, 7) is 2.09. The quantitative estimate of drug-likeness (QED) is 0.583. The monoisotopic (exact) mass is 224 g/mol. The Morgan fingerprint density at radius 1 is 1.40 bits per heavy atom. The first kappa shape index (κ1) is 11.8. The molecule has 0 atom stereocenters. The second-order valence-corrected chi connectivity index (χ2v) is 3.49. The molecule has 15 heavy (non-hydrogen) atoms. The van der Waals surface area contributed by atoms with Gasteiger partial charge in [0, 0.05) is 0 Å². The Kier molecular flexibility index (Phi) is 4.37. The van der Waals surface area contributed by atoms with Gasteiger partial charge in [-0.05, 0) is 23.6 Å². The molecule has 1 aromatic carbocycles. The van der Waals surface area contributed by atoms with Crippen LogP contribution in [0.2, 0.25) is 0 Å². The Morgan fingerprint density at radius 2 is 2.00 bits per heavy atom. The van der Waals surface area contributed by atoms with E-state index in [1.807, 2.05) is 24.3 Å². The van der Waals surface area contributed by atoms with Crippen LogP contribution in [0.25, 0.3) is 6.08 Å². The van der Waals surface area contributed by atoms with Crippen molar-refractivity contribution < 1.29 is 9.53 Å². The topological polar surface area (TPSA) is 26.3 Å². The molecule has 0 amide bonds. The molecule has 0 aromatic heterocycles. The maximum Gasteiger partial charge on any atom is 0.349 e. The van der Waals surface area contributed by atoms with Gasteiger partial charge in [-0.1, -0.05) is 42.8 Å². The van der Waals surface area contributed by atoms with Crippen molar-refractivity contribution in [2.24, 2.45) is 0 Å². The van der Waals surface area contributed by atoms with E-state index in [4.69, 9.17) is 11.6 Å². The minimum atomic E-state index is -0.517. The highest BCUT2D eigenvalue weighted by Crippen LogP contribution is 2.12. The van der Waals surface area contributed by atoms with Crippen molar-refractivity contribution in [3.8, 4) is 0 Å². The van der Waals surface area contributed by atoms with Crippen molar-refractivity contribution in [2.75, 3.05) is 7.11 Å². The lowest BCUT2D eigenvalue weighted by atomic mass is 10.1. The maximum atomic E-state index is 11.0. The molecule has 0 fully saturated rings. The first-order chi connectivity index (χ1) is 7.17. The van der Waals surface area contributed by atoms with Gasteiger partial charge in [-0.3, -0.25) is 0 Å². The lowest BCUT2D eigenvalue weighted by Gasteiger charge is -1.99. The molecular weight excluding hydrogens is 212 g/mol. The van der Waals surface area contributed by atoms with E-state index in [-0.39, 0.29) is 5.03 Å². The molecule has 0 N–H and O–H groups in total. The summed E-state index contributed by atoms with van der Waals surface area (Å²) in [6, 6.07) is 7.86. The second kappa shape index (κ2) is 5.56. The predicted molar refractivity (Wildman–Crippen MR) is 61.7 cm³/mol. The van der Waals surface area contributed by atoms with E-state index >= 15 is 0 Å². The fraction of sp³-hybridized carbons (Fsp3) is 0.250. The van der Waals surface area contributed by atoms with Gasteiger partial charge in [0.2, 0.25) is 0 Å². The predicted octanol–water partition coefficient (Wildman–Crippen LogP) is 3.00. The molecule has 0 aliphatic heterocycles. The van der Waals surface area contributed by atoms with Gasteiger partial charge in [-0.2, -0.15) is 0 Å². The van der Waals surface area contributed by atoms with E-state index < -0.39 is 5.97 Å². The van der Waals surface area contributed by atoms with Crippen molar-refractivity contribution in [1.29, 1.82) is 0 Å². The summed E-state index contributed by atoms with van der Waals surface area (Å²) >= 11 is 5.73. The third-order valence-electron chi connectivity index (χ3n) is 2.06. The van der Waals surface area contributed by atoms with E-state index in [1.165, 1.54) is 12.7 Å². The first-order valence-corrected chi connectivity index (χ1v) is 5.09. The molecule has 3 heteroatoms. The fourth-order valence-corrected chi connectivity index (χ4v) is 1.36. The number of rotatable bonds is 3. The molecule has 1 aromatic rings. The molecular formula is C12H13ClO2. The van der Waals surface area contributed by atoms with E-state index in [1.54, 1.807) is 6.08 Å². The molecule has 0 saturated heterocycles. The molecule has 0 aliphatic carbocycles. The highest BCUT2D eigenvalue weighted by Gasteiger charge is 2.05. The average Bonchev–Trinajstić information content (AvgIpc) is 2.29. The Labute approximate surface area is 94.5 Å². The Bertz CT molecular complexity index is 366. The van der Waals surface area contributed by atoms with Gasteiger partial charge >= 0.3 is 5.97 Å².